The predicted octanol–water partition coefficient (Wildman–Crippen LogP) is 1.52. The van der Waals surface area contributed by atoms with E-state index in [1.807, 2.05) is 31.3 Å². The number of nitrogens with zero attached hydrogens (tertiary/aromatic N) is 1. The third kappa shape index (κ3) is 5.29. The summed E-state index contributed by atoms with van der Waals surface area (Å²) >= 11 is 0. The first kappa shape index (κ1) is 14.7. The predicted molar refractivity (Wildman–Crippen MR) is 70.4 cm³/mol. The quantitative estimate of drug-likeness (QED) is 0.771. The maximum Gasteiger partial charge on any atom is 0.307 e. The van der Waals surface area contributed by atoms with Crippen LogP contribution in [0.15, 0.2) is 24.3 Å². The van der Waals surface area contributed by atoms with Crippen LogP contribution in [0.4, 0.5) is 0 Å². The minimum absolute atomic E-state index is 0.0560. The van der Waals surface area contributed by atoms with Gasteiger partial charge in [-0.1, -0.05) is 24.3 Å². The summed E-state index contributed by atoms with van der Waals surface area (Å²) in [6.45, 7) is 3.27. The van der Waals surface area contributed by atoms with Gasteiger partial charge in [0.1, 0.15) is 0 Å². The Balaban J connectivity index is 2.62. The Labute approximate surface area is 108 Å². The molecule has 0 aromatic heterocycles. The number of aliphatic hydroxyl groups is 1. The van der Waals surface area contributed by atoms with Crippen LogP contribution in [0.25, 0.3) is 0 Å². The largest absolute Gasteiger partial charge is 0.481 e. The first-order chi connectivity index (χ1) is 8.49. The number of carboxylic acids is 1. The normalized spacial score (nSPS) is 12.7. The van der Waals surface area contributed by atoms with Gasteiger partial charge in [0.15, 0.2) is 0 Å². The zero-order valence-corrected chi connectivity index (χ0v) is 11.0. The van der Waals surface area contributed by atoms with Gasteiger partial charge in [0.25, 0.3) is 0 Å². The molecule has 0 aliphatic heterocycles. The van der Waals surface area contributed by atoms with Crippen LogP contribution in [-0.4, -0.2) is 40.8 Å². The van der Waals surface area contributed by atoms with Crippen molar-refractivity contribution in [3.63, 3.8) is 0 Å². The molecule has 1 rings (SSSR count). The highest BCUT2D eigenvalue weighted by Crippen LogP contribution is 2.12. The molecule has 0 spiro atoms. The lowest BCUT2D eigenvalue weighted by Crippen LogP contribution is -2.23. The summed E-state index contributed by atoms with van der Waals surface area (Å²) < 4.78 is 0. The van der Waals surface area contributed by atoms with Crippen molar-refractivity contribution in [3.05, 3.63) is 35.4 Å². The third-order valence-corrected chi connectivity index (χ3v) is 2.83. The highest BCUT2D eigenvalue weighted by molar-refractivity contribution is 5.70. The standard InChI is InChI=1S/C14H21NO3/c1-11(16)7-8-15(2)10-13-6-4-3-5-12(13)9-14(17)18/h3-6,11,16H,7-10H2,1-2H3,(H,17,18). The molecule has 1 aromatic rings. The van der Waals surface area contributed by atoms with E-state index in [1.165, 1.54) is 0 Å². The lowest BCUT2D eigenvalue weighted by atomic mass is 10.0. The lowest BCUT2D eigenvalue weighted by molar-refractivity contribution is -0.136. The second-order valence-corrected chi connectivity index (χ2v) is 4.71. The van der Waals surface area contributed by atoms with E-state index in [9.17, 15) is 9.90 Å². The number of rotatable bonds is 7. The van der Waals surface area contributed by atoms with Crippen molar-refractivity contribution in [1.82, 2.24) is 4.90 Å². The molecular weight excluding hydrogens is 230 g/mol. The molecule has 100 valence electrons. The fourth-order valence-electron chi connectivity index (χ4n) is 1.82. The smallest absolute Gasteiger partial charge is 0.307 e. The van der Waals surface area contributed by atoms with Crippen LogP contribution in [0, 0.1) is 0 Å². The number of aliphatic hydroxyl groups excluding tert-OH is 1. The van der Waals surface area contributed by atoms with Crippen LogP contribution in [0.3, 0.4) is 0 Å². The van der Waals surface area contributed by atoms with E-state index < -0.39 is 5.97 Å². The lowest BCUT2D eigenvalue weighted by Gasteiger charge is -2.19. The molecule has 4 heteroatoms. The SMILES string of the molecule is CC(O)CCN(C)Cc1ccccc1CC(=O)O. The molecule has 1 aromatic carbocycles. The monoisotopic (exact) mass is 251 g/mol. The average molecular weight is 251 g/mol. The number of benzene rings is 1. The summed E-state index contributed by atoms with van der Waals surface area (Å²) in [5.74, 6) is -0.811. The van der Waals surface area contributed by atoms with Gasteiger partial charge in [0.05, 0.1) is 12.5 Å². The Morgan fingerprint density at radius 3 is 2.50 bits per heavy atom. The molecule has 0 aliphatic carbocycles. The second-order valence-electron chi connectivity index (χ2n) is 4.71. The minimum Gasteiger partial charge on any atom is -0.481 e. The molecule has 4 nitrogen and oxygen atoms in total. The summed E-state index contributed by atoms with van der Waals surface area (Å²) in [6.07, 6.45) is 0.472. The van der Waals surface area contributed by atoms with Crippen LogP contribution < -0.4 is 0 Å². The van der Waals surface area contributed by atoms with Crippen molar-refractivity contribution < 1.29 is 15.0 Å². The third-order valence-electron chi connectivity index (χ3n) is 2.83. The van der Waals surface area contributed by atoms with Gasteiger partial charge in [-0.3, -0.25) is 4.79 Å². The molecule has 1 unspecified atom stereocenters. The number of hydrogen-bond acceptors (Lipinski definition) is 3. The van der Waals surface area contributed by atoms with Crippen LogP contribution in [0.5, 0.6) is 0 Å². The molecule has 1 atom stereocenters. The molecule has 18 heavy (non-hydrogen) atoms. The Morgan fingerprint density at radius 1 is 1.33 bits per heavy atom. The van der Waals surface area contributed by atoms with Gasteiger partial charge in [-0.05, 0) is 31.5 Å². The minimum atomic E-state index is -0.811. The van der Waals surface area contributed by atoms with Crippen molar-refractivity contribution in [2.24, 2.45) is 0 Å². The fourth-order valence-corrected chi connectivity index (χ4v) is 1.82. The molecule has 0 radical (unpaired) electrons. The summed E-state index contributed by atoms with van der Waals surface area (Å²) in [6, 6.07) is 7.59. The van der Waals surface area contributed by atoms with E-state index in [1.54, 1.807) is 6.92 Å². The van der Waals surface area contributed by atoms with E-state index in [4.69, 9.17) is 5.11 Å². The molecule has 0 aliphatic rings. The number of carboxylic acid groups (broad SMARTS) is 1. The Hall–Kier alpha value is -1.39. The summed E-state index contributed by atoms with van der Waals surface area (Å²) in [5.41, 5.74) is 1.89. The maximum absolute atomic E-state index is 10.8. The number of carbonyl (C=O) groups is 1. The topological polar surface area (TPSA) is 60.8 Å². The Kier molecular flexibility index (Phi) is 5.82. The average Bonchev–Trinajstić information content (AvgIpc) is 2.28. The highest BCUT2D eigenvalue weighted by Gasteiger charge is 2.08. The van der Waals surface area contributed by atoms with Crippen molar-refractivity contribution in [2.45, 2.75) is 32.4 Å². The van der Waals surface area contributed by atoms with Crippen LogP contribution >= 0.6 is 0 Å². The van der Waals surface area contributed by atoms with Gasteiger partial charge >= 0.3 is 5.97 Å². The number of hydrogen-bond donors (Lipinski definition) is 2. The zero-order valence-electron chi connectivity index (χ0n) is 11.0. The highest BCUT2D eigenvalue weighted by atomic mass is 16.4. The van der Waals surface area contributed by atoms with Gasteiger partial charge in [-0.2, -0.15) is 0 Å². The van der Waals surface area contributed by atoms with E-state index in [0.29, 0.717) is 6.54 Å². The van der Waals surface area contributed by atoms with E-state index in [2.05, 4.69) is 4.90 Å². The first-order valence-corrected chi connectivity index (χ1v) is 6.14. The molecule has 0 saturated heterocycles. The number of aliphatic carboxylic acids is 1. The van der Waals surface area contributed by atoms with Crippen LogP contribution in [0.1, 0.15) is 24.5 Å². The van der Waals surface area contributed by atoms with Gasteiger partial charge in [0, 0.05) is 13.1 Å². The molecule has 0 fully saturated rings. The molecule has 2 N–H and O–H groups in total. The molecule has 0 heterocycles. The van der Waals surface area contributed by atoms with E-state index in [-0.39, 0.29) is 12.5 Å². The molecule has 0 amide bonds. The van der Waals surface area contributed by atoms with Crippen LogP contribution in [0.2, 0.25) is 0 Å². The Bertz CT molecular complexity index is 390. The Morgan fingerprint density at radius 2 is 1.94 bits per heavy atom. The molecule has 0 saturated carbocycles. The molecule has 0 bridgehead atoms. The van der Waals surface area contributed by atoms with Crippen molar-refractivity contribution in [1.29, 1.82) is 0 Å². The fraction of sp³-hybridized carbons (Fsp3) is 0.500. The summed E-state index contributed by atoms with van der Waals surface area (Å²) in [5, 5.41) is 18.1. The van der Waals surface area contributed by atoms with E-state index >= 15 is 0 Å². The van der Waals surface area contributed by atoms with Gasteiger partial charge < -0.3 is 15.1 Å². The first-order valence-electron chi connectivity index (χ1n) is 6.14. The zero-order chi connectivity index (χ0) is 13.5. The summed E-state index contributed by atoms with van der Waals surface area (Å²) in [4.78, 5) is 12.9. The van der Waals surface area contributed by atoms with Crippen molar-refractivity contribution in [2.75, 3.05) is 13.6 Å². The van der Waals surface area contributed by atoms with Crippen molar-refractivity contribution >= 4 is 5.97 Å². The van der Waals surface area contributed by atoms with Crippen LogP contribution in [-0.2, 0) is 17.8 Å². The second kappa shape index (κ2) is 7.13. The van der Waals surface area contributed by atoms with E-state index in [0.717, 1.165) is 24.1 Å². The van der Waals surface area contributed by atoms with Gasteiger partial charge in [0.2, 0.25) is 0 Å². The van der Waals surface area contributed by atoms with Gasteiger partial charge in [-0.25, -0.2) is 0 Å². The van der Waals surface area contributed by atoms with Crippen molar-refractivity contribution in [3.8, 4) is 0 Å². The van der Waals surface area contributed by atoms with Gasteiger partial charge in [-0.15, -0.1) is 0 Å². The maximum atomic E-state index is 10.8. The molecular formula is C14H21NO3. The summed E-state index contributed by atoms with van der Waals surface area (Å²) in [7, 11) is 1.97.